The fourth-order valence-corrected chi connectivity index (χ4v) is 2.76. The van der Waals surface area contributed by atoms with Gasteiger partial charge in [-0.25, -0.2) is 18.4 Å². The molecular formula is C26H20F2O4. The highest BCUT2D eigenvalue weighted by molar-refractivity contribution is 5.89. The van der Waals surface area contributed by atoms with Crippen LogP contribution < -0.4 is 9.47 Å². The zero-order valence-corrected chi connectivity index (χ0v) is 17.6. The lowest BCUT2D eigenvalue weighted by molar-refractivity contribution is -0.131. The second-order valence-electron chi connectivity index (χ2n) is 7.21. The molecule has 0 aliphatic carbocycles. The van der Waals surface area contributed by atoms with Crippen LogP contribution in [0.25, 0.3) is 22.3 Å². The lowest BCUT2D eigenvalue weighted by Crippen LogP contribution is -2.09. The van der Waals surface area contributed by atoms with Gasteiger partial charge >= 0.3 is 11.9 Å². The average Bonchev–Trinajstić information content (AvgIpc) is 2.76. The van der Waals surface area contributed by atoms with Crippen molar-refractivity contribution in [2.24, 2.45) is 0 Å². The molecule has 0 aromatic heterocycles. The Balaban J connectivity index is 1.79. The summed E-state index contributed by atoms with van der Waals surface area (Å²) in [5.74, 6) is -3.11. The van der Waals surface area contributed by atoms with Crippen molar-refractivity contribution in [3.63, 3.8) is 0 Å². The van der Waals surface area contributed by atoms with E-state index >= 15 is 0 Å². The molecule has 0 amide bonds. The summed E-state index contributed by atoms with van der Waals surface area (Å²) >= 11 is 0. The predicted octanol–water partition coefficient (Wildman–Crippen LogP) is 6.26. The van der Waals surface area contributed by atoms with Gasteiger partial charge in [0.1, 0.15) is 0 Å². The monoisotopic (exact) mass is 434 g/mol. The molecule has 0 unspecified atom stereocenters. The van der Waals surface area contributed by atoms with Crippen LogP contribution in [0.5, 0.6) is 11.5 Å². The third-order valence-corrected chi connectivity index (χ3v) is 4.52. The molecule has 0 aliphatic rings. The van der Waals surface area contributed by atoms with Crippen LogP contribution in [0.2, 0.25) is 0 Å². The van der Waals surface area contributed by atoms with Gasteiger partial charge in [-0.1, -0.05) is 49.6 Å². The van der Waals surface area contributed by atoms with E-state index in [1.807, 2.05) is 0 Å². The number of benzene rings is 3. The standard InChI is InChI=1S/C26H20F2O4/c1-15(2)25(29)31-23-11-9-19(13-21(23)27)17-5-7-18(8-6-17)20-10-12-24(22(28)14-20)32-26(30)16(3)4/h5-14H,1,3H2,2,4H3. The molecule has 0 fully saturated rings. The molecule has 0 spiro atoms. The summed E-state index contributed by atoms with van der Waals surface area (Å²) in [5.41, 5.74) is 2.94. The highest BCUT2D eigenvalue weighted by Gasteiger charge is 2.13. The van der Waals surface area contributed by atoms with Gasteiger partial charge in [0.05, 0.1) is 0 Å². The molecule has 3 rings (SSSR count). The topological polar surface area (TPSA) is 52.6 Å². The van der Waals surface area contributed by atoms with Crippen LogP contribution in [0.4, 0.5) is 8.78 Å². The van der Waals surface area contributed by atoms with E-state index in [-0.39, 0.29) is 22.6 Å². The minimum Gasteiger partial charge on any atom is -0.420 e. The summed E-state index contributed by atoms with van der Waals surface area (Å²) in [6.07, 6.45) is 0. The lowest BCUT2D eigenvalue weighted by atomic mass is 10.00. The van der Waals surface area contributed by atoms with Crippen molar-refractivity contribution in [3.8, 4) is 33.8 Å². The first-order valence-corrected chi connectivity index (χ1v) is 9.61. The van der Waals surface area contributed by atoms with E-state index in [9.17, 15) is 18.4 Å². The SMILES string of the molecule is C=C(C)C(=O)Oc1ccc(-c2ccc(-c3ccc(OC(=O)C(=C)C)c(F)c3)cc2)cc1F. The Labute approximate surface area is 184 Å². The highest BCUT2D eigenvalue weighted by atomic mass is 19.1. The Kier molecular flexibility index (Phi) is 6.64. The van der Waals surface area contributed by atoms with Crippen molar-refractivity contribution in [1.29, 1.82) is 0 Å². The molecular weight excluding hydrogens is 414 g/mol. The van der Waals surface area contributed by atoms with Crippen LogP contribution in [0.3, 0.4) is 0 Å². The molecule has 0 bridgehead atoms. The van der Waals surface area contributed by atoms with Gasteiger partial charge in [0.2, 0.25) is 0 Å². The molecule has 162 valence electrons. The summed E-state index contributed by atoms with van der Waals surface area (Å²) in [7, 11) is 0. The Morgan fingerprint density at radius 3 is 1.22 bits per heavy atom. The molecule has 3 aromatic rings. The fraction of sp³-hybridized carbons (Fsp3) is 0.0769. The van der Waals surface area contributed by atoms with Crippen LogP contribution >= 0.6 is 0 Å². The van der Waals surface area contributed by atoms with Gasteiger partial charge in [-0.3, -0.25) is 0 Å². The number of carbonyl (C=O) groups is 2. The smallest absolute Gasteiger partial charge is 0.338 e. The van der Waals surface area contributed by atoms with Crippen LogP contribution in [0.1, 0.15) is 13.8 Å². The van der Waals surface area contributed by atoms with E-state index in [0.717, 1.165) is 11.1 Å². The number of halogens is 2. The average molecular weight is 434 g/mol. The normalized spacial score (nSPS) is 10.4. The first kappa shape index (κ1) is 22.6. The lowest BCUT2D eigenvalue weighted by Gasteiger charge is -2.09. The quantitative estimate of drug-likeness (QED) is 0.261. The van der Waals surface area contributed by atoms with Crippen molar-refractivity contribution >= 4 is 11.9 Å². The predicted molar refractivity (Wildman–Crippen MR) is 118 cm³/mol. The van der Waals surface area contributed by atoms with E-state index < -0.39 is 23.6 Å². The van der Waals surface area contributed by atoms with Gasteiger partial charge in [0, 0.05) is 11.1 Å². The summed E-state index contributed by atoms with van der Waals surface area (Å²) < 4.78 is 38.6. The molecule has 0 heterocycles. The highest BCUT2D eigenvalue weighted by Crippen LogP contribution is 2.30. The van der Waals surface area contributed by atoms with E-state index in [4.69, 9.17) is 9.47 Å². The summed E-state index contributed by atoms with van der Waals surface area (Å²) in [5, 5.41) is 0. The maximum absolute atomic E-state index is 14.3. The summed E-state index contributed by atoms with van der Waals surface area (Å²) in [6.45, 7) is 9.88. The van der Waals surface area contributed by atoms with Gasteiger partial charge in [-0.05, 0) is 60.4 Å². The minimum absolute atomic E-state index is 0.169. The number of esters is 2. The van der Waals surface area contributed by atoms with Crippen LogP contribution in [0.15, 0.2) is 85.0 Å². The van der Waals surface area contributed by atoms with Crippen molar-refractivity contribution in [2.75, 3.05) is 0 Å². The van der Waals surface area contributed by atoms with Crippen molar-refractivity contribution in [1.82, 2.24) is 0 Å². The van der Waals surface area contributed by atoms with Crippen LogP contribution in [-0.2, 0) is 9.59 Å². The second kappa shape index (κ2) is 9.39. The first-order chi connectivity index (χ1) is 15.2. The Bertz CT molecular complexity index is 1130. The molecule has 6 heteroatoms. The first-order valence-electron chi connectivity index (χ1n) is 9.61. The van der Waals surface area contributed by atoms with E-state index in [1.54, 1.807) is 36.4 Å². The molecule has 3 aromatic carbocycles. The molecule has 0 saturated heterocycles. The van der Waals surface area contributed by atoms with Crippen LogP contribution in [-0.4, -0.2) is 11.9 Å². The fourth-order valence-electron chi connectivity index (χ4n) is 2.76. The Morgan fingerprint density at radius 1 is 0.625 bits per heavy atom. The van der Waals surface area contributed by atoms with E-state index in [2.05, 4.69) is 13.2 Å². The molecule has 0 aliphatic heterocycles. The molecule has 32 heavy (non-hydrogen) atoms. The minimum atomic E-state index is -0.700. The Morgan fingerprint density at radius 2 is 0.938 bits per heavy atom. The van der Waals surface area contributed by atoms with Gasteiger partial charge in [0.25, 0.3) is 0 Å². The molecule has 0 N–H and O–H groups in total. The number of ether oxygens (including phenoxy) is 2. The maximum atomic E-state index is 14.3. The van der Waals surface area contributed by atoms with Gasteiger partial charge < -0.3 is 9.47 Å². The largest absolute Gasteiger partial charge is 0.420 e. The van der Waals surface area contributed by atoms with Gasteiger partial charge in [0.15, 0.2) is 23.1 Å². The molecule has 0 radical (unpaired) electrons. The van der Waals surface area contributed by atoms with Crippen molar-refractivity contribution < 1.29 is 27.8 Å². The maximum Gasteiger partial charge on any atom is 0.338 e. The number of hydrogen-bond donors (Lipinski definition) is 0. The summed E-state index contributed by atoms with van der Waals surface area (Å²) in [4.78, 5) is 23.2. The zero-order chi connectivity index (χ0) is 23.4. The van der Waals surface area contributed by atoms with Gasteiger partial charge in [-0.2, -0.15) is 0 Å². The molecule has 0 saturated carbocycles. The third kappa shape index (κ3) is 5.16. The van der Waals surface area contributed by atoms with Crippen molar-refractivity contribution in [2.45, 2.75) is 13.8 Å². The number of rotatable bonds is 6. The third-order valence-electron chi connectivity index (χ3n) is 4.52. The van der Waals surface area contributed by atoms with E-state index in [0.29, 0.717) is 11.1 Å². The van der Waals surface area contributed by atoms with Crippen molar-refractivity contribution in [3.05, 3.63) is 96.6 Å². The second-order valence-corrected chi connectivity index (χ2v) is 7.21. The van der Waals surface area contributed by atoms with E-state index in [1.165, 1.54) is 38.1 Å². The summed E-state index contributed by atoms with van der Waals surface area (Å²) in [6, 6.07) is 15.6. The molecule has 0 atom stereocenters. The number of carbonyl (C=O) groups excluding carboxylic acids is 2. The van der Waals surface area contributed by atoms with Gasteiger partial charge in [-0.15, -0.1) is 0 Å². The molecule has 4 nitrogen and oxygen atoms in total. The Hall–Kier alpha value is -4.06. The number of hydrogen-bond acceptors (Lipinski definition) is 4. The zero-order valence-electron chi connectivity index (χ0n) is 17.6. The van der Waals surface area contributed by atoms with Crippen LogP contribution in [0, 0.1) is 11.6 Å².